The molecule has 10 heteroatoms. The largest absolute Gasteiger partial charge is 0.479 e. The fourth-order valence-corrected chi connectivity index (χ4v) is 4.51. The normalized spacial score (nSPS) is 20.6. The summed E-state index contributed by atoms with van der Waals surface area (Å²) in [5.41, 5.74) is 0.475. The Morgan fingerprint density at radius 1 is 1.15 bits per heavy atom. The molecule has 142 valence electrons. The number of anilines is 2. The first kappa shape index (κ1) is 17.7. The second-order valence-electron chi connectivity index (χ2n) is 6.35. The third kappa shape index (κ3) is 3.33. The molecule has 27 heavy (non-hydrogen) atoms. The van der Waals surface area contributed by atoms with E-state index in [4.69, 9.17) is 4.74 Å². The maximum atomic E-state index is 13.0. The zero-order chi connectivity index (χ0) is 19.0. The Balaban J connectivity index is 1.51. The van der Waals surface area contributed by atoms with Crippen LogP contribution in [-0.2, 0) is 14.8 Å². The molecule has 2 aliphatic heterocycles. The highest BCUT2D eigenvalue weighted by molar-refractivity contribution is 7.89. The fourth-order valence-electron chi connectivity index (χ4n) is 3.07. The number of nitrogens with one attached hydrogen (secondary N) is 1. The van der Waals surface area contributed by atoms with Crippen molar-refractivity contribution >= 4 is 27.6 Å². The number of carbonyl (C=O) groups is 1. The predicted molar refractivity (Wildman–Crippen MR) is 98.2 cm³/mol. The van der Waals surface area contributed by atoms with Crippen LogP contribution >= 0.6 is 0 Å². The number of hydrogen-bond acceptors (Lipinski definition) is 7. The van der Waals surface area contributed by atoms with E-state index < -0.39 is 16.1 Å². The number of hydrogen-bond donors (Lipinski definition) is 1. The fraction of sp³-hybridized carbons (Fsp3) is 0.353. The third-order valence-corrected chi connectivity index (χ3v) is 6.49. The number of amides is 1. The lowest BCUT2D eigenvalue weighted by molar-refractivity contribution is -0.122. The van der Waals surface area contributed by atoms with E-state index in [9.17, 15) is 13.2 Å². The van der Waals surface area contributed by atoms with Gasteiger partial charge in [-0.25, -0.2) is 18.4 Å². The first-order valence-electron chi connectivity index (χ1n) is 8.59. The average molecular weight is 389 g/mol. The molecule has 1 saturated heterocycles. The molecule has 0 spiro atoms. The van der Waals surface area contributed by atoms with Gasteiger partial charge in [-0.2, -0.15) is 4.31 Å². The van der Waals surface area contributed by atoms with E-state index in [2.05, 4.69) is 15.3 Å². The van der Waals surface area contributed by atoms with Crippen molar-refractivity contribution in [3.05, 3.63) is 36.7 Å². The van der Waals surface area contributed by atoms with Gasteiger partial charge in [0.1, 0.15) is 5.75 Å². The molecule has 2 aromatic rings. The summed E-state index contributed by atoms with van der Waals surface area (Å²) in [7, 11) is -3.66. The molecule has 1 N–H and O–H groups in total. The van der Waals surface area contributed by atoms with Crippen molar-refractivity contribution in [1.82, 2.24) is 14.3 Å². The minimum atomic E-state index is -3.66. The minimum absolute atomic E-state index is 0.147. The molecular formula is C17H19N5O4S. The van der Waals surface area contributed by atoms with Crippen molar-refractivity contribution < 1.29 is 17.9 Å². The second kappa shape index (κ2) is 6.78. The van der Waals surface area contributed by atoms with Crippen LogP contribution in [0.1, 0.15) is 6.92 Å². The lowest BCUT2D eigenvalue weighted by Crippen LogP contribution is -2.49. The van der Waals surface area contributed by atoms with Crippen molar-refractivity contribution in [3.63, 3.8) is 0 Å². The van der Waals surface area contributed by atoms with Gasteiger partial charge in [0, 0.05) is 44.6 Å². The van der Waals surface area contributed by atoms with E-state index in [0.29, 0.717) is 43.6 Å². The number of rotatable bonds is 3. The molecule has 2 aliphatic rings. The topological polar surface area (TPSA) is 105 Å². The predicted octanol–water partition coefficient (Wildman–Crippen LogP) is 0.707. The highest BCUT2D eigenvalue weighted by Gasteiger charge is 2.31. The van der Waals surface area contributed by atoms with E-state index in [0.717, 1.165) is 0 Å². The van der Waals surface area contributed by atoms with Crippen LogP contribution in [0.5, 0.6) is 5.75 Å². The first-order valence-corrected chi connectivity index (χ1v) is 10.0. The van der Waals surface area contributed by atoms with Crippen molar-refractivity contribution in [2.45, 2.75) is 17.9 Å². The molecule has 0 aliphatic carbocycles. The van der Waals surface area contributed by atoms with Crippen molar-refractivity contribution in [2.75, 3.05) is 36.4 Å². The number of fused-ring (bicyclic) bond motifs is 1. The standard InChI is InChI=1S/C17H19N5O4S/c1-12-16(23)20-14-4-3-13(11-15(14)26-12)27(24,25)22-9-7-21(8-10-22)17-18-5-2-6-19-17/h2-6,11-12H,7-10H2,1H3,(H,20,23). The number of carbonyl (C=O) groups excluding carboxylic acids is 1. The van der Waals surface area contributed by atoms with Crippen LogP contribution in [0.25, 0.3) is 0 Å². The summed E-state index contributed by atoms with van der Waals surface area (Å²) in [4.78, 5) is 22.2. The van der Waals surface area contributed by atoms with Crippen LogP contribution in [0.2, 0.25) is 0 Å². The third-order valence-electron chi connectivity index (χ3n) is 4.60. The highest BCUT2D eigenvalue weighted by Crippen LogP contribution is 2.33. The van der Waals surface area contributed by atoms with Crippen LogP contribution in [0, 0.1) is 0 Å². The summed E-state index contributed by atoms with van der Waals surface area (Å²) in [5, 5.41) is 2.70. The molecular weight excluding hydrogens is 370 g/mol. The SMILES string of the molecule is CC1Oc2cc(S(=O)(=O)N3CCN(c4ncccn4)CC3)ccc2NC1=O. The summed E-state index contributed by atoms with van der Waals surface area (Å²) < 4.78 is 33.0. The molecule has 9 nitrogen and oxygen atoms in total. The molecule has 0 radical (unpaired) electrons. The molecule has 1 unspecified atom stereocenters. The molecule has 4 rings (SSSR count). The number of benzene rings is 1. The maximum Gasteiger partial charge on any atom is 0.265 e. The number of ether oxygens (including phenoxy) is 1. The van der Waals surface area contributed by atoms with Crippen LogP contribution in [0.4, 0.5) is 11.6 Å². The van der Waals surface area contributed by atoms with E-state index >= 15 is 0 Å². The van der Waals surface area contributed by atoms with Crippen molar-refractivity contribution in [1.29, 1.82) is 0 Å². The maximum absolute atomic E-state index is 13.0. The average Bonchev–Trinajstić information content (AvgIpc) is 2.69. The van der Waals surface area contributed by atoms with Crippen LogP contribution in [0.15, 0.2) is 41.6 Å². The zero-order valence-corrected chi connectivity index (χ0v) is 15.5. The van der Waals surface area contributed by atoms with E-state index in [-0.39, 0.29) is 10.8 Å². The van der Waals surface area contributed by atoms with Gasteiger partial charge in [-0.3, -0.25) is 4.79 Å². The van der Waals surface area contributed by atoms with Gasteiger partial charge in [0.05, 0.1) is 10.6 Å². The van der Waals surface area contributed by atoms with E-state index in [1.54, 1.807) is 31.5 Å². The number of nitrogens with zero attached hydrogens (tertiary/aromatic N) is 4. The van der Waals surface area contributed by atoms with Gasteiger partial charge in [-0.15, -0.1) is 0 Å². The summed E-state index contributed by atoms with van der Waals surface area (Å²) in [6.45, 7) is 3.32. The Morgan fingerprint density at radius 3 is 2.56 bits per heavy atom. The van der Waals surface area contributed by atoms with Crippen LogP contribution in [0.3, 0.4) is 0 Å². The number of piperazine rings is 1. The van der Waals surface area contributed by atoms with Gasteiger partial charge in [-0.05, 0) is 25.1 Å². The van der Waals surface area contributed by atoms with Gasteiger partial charge in [-0.1, -0.05) is 0 Å². The molecule has 1 amide bonds. The van der Waals surface area contributed by atoms with Crippen LogP contribution in [-0.4, -0.2) is 60.9 Å². The molecule has 3 heterocycles. The lowest BCUT2D eigenvalue weighted by Gasteiger charge is -2.34. The monoisotopic (exact) mass is 389 g/mol. The van der Waals surface area contributed by atoms with Gasteiger partial charge < -0.3 is 15.0 Å². The van der Waals surface area contributed by atoms with Gasteiger partial charge >= 0.3 is 0 Å². The summed E-state index contributed by atoms with van der Waals surface area (Å²) in [6.07, 6.45) is 2.67. The molecule has 0 bridgehead atoms. The highest BCUT2D eigenvalue weighted by atomic mass is 32.2. The molecule has 1 atom stereocenters. The Hall–Kier alpha value is -2.72. The van der Waals surface area contributed by atoms with E-state index in [1.807, 2.05) is 4.90 Å². The Labute approximate surface area is 157 Å². The quantitative estimate of drug-likeness (QED) is 0.824. The Kier molecular flexibility index (Phi) is 4.44. The summed E-state index contributed by atoms with van der Waals surface area (Å²) in [5.74, 6) is 0.707. The summed E-state index contributed by atoms with van der Waals surface area (Å²) >= 11 is 0. The zero-order valence-electron chi connectivity index (χ0n) is 14.7. The number of sulfonamides is 1. The van der Waals surface area contributed by atoms with E-state index in [1.165, 1.54) is 16.4 Å². The molecule has 1 fully saturated rings. The van der Waals surface area contributed by atoms with Crippen molar-refractivity contribution in [3.8, 4) is 5.75 Å². The molecule has 1 aromatic heterocycles. The van der Waals surface area contributed by atoms with Crippen molar-refractivity contribution in [2.24, 2.45) is 0 Å². The van der Waals surface area contributed by atoms with Crippen LogP contribution < -0.4 is 15.0 Å². The minimum Gasteiger partial charge on any atom is -0.479 e. The molecule has 1 aromatic carbocycles. The Morgan fingerprint density at radius 2 is 1.85 bits per heavy atom. The molecule has 0 saturated carbocycles. The van der Waals surface area contributed by atoms with Gasteiger partial charge in [0.25, 0.3) is 5.91 Å². The van der Waals surface area contributed by atoms with Gasteiger partial charge in [0.15, 0.2) is 6.10 Å². The Bertz CT molecular complexity index is 959. The number of aromatic nitrogens is 2. The van der Waals surface area contributed by atoms with Gasteiger partial charge in [0.2, 0.25) is 16.0 Å². The first-order chi connectivity index (χ1) is 12.9. The second-order valence-corrected chi connectivity index (χ2v) is 8.29. The summed E-state index contributed by atoms with van der Waals surface area (Å²) in [6, 6.07) is 6.25. The smallest absolute Gasteiger partial charge is 0.265 e. The lowest BCUT2D eigenvalue weighted by atomic mass is 10.2.